The minimum absolute atomic E-state index is 0.0535. The molecule has 1 atom stereocenters. The van der Waals surface area contributed by atoms with Gasteiger partial charge in [-0.3, -0.25) is 4.79 Å². The van der Waals surface area contributed by atoms with E-state index in [1.54, 1.807) is 18.2 Å². The van der Waals surface area contributed by atoms with Gasteiger partial charge in [-0.25, -0.2) is 4.79 Å². The molecule has 0 fully saturated rings. The average molecular weight is 341 g/mol. The molecule has 0 bridgehead atoms. The van der Waals surface area contributed by atoms with Crippen molar-refractivity contribution in [1.82, 2.24) is 5.32 Å². The molecule has 5 heteroatoms. The van der Waals surface area contributed by atoms with Crippen molar-refractivity contribution in [2.24, 2.45) is 0 Å². The first-order chi connectivity index (χ1) is 12.1. The topological polar surface area (TPSA) is 64.6 Å². The van der Waals surface area contributed by atoms with Crippen LogP contribution >= 0.6 is 0 Å². The zero-order valence-corrected chi connectivity index (χ0v) is 14.5. The molecule has 0 saturated heterocycles. The zero-order valence-electron chi connectivity index (χ0n) is 14.5. The number of carbonyl (C=O) groups is 2. The lowest BCUT2D eigenvalue weighted by molar-refractivity contribution is -0.124. The highest BCUT2D eigenvalue weighted by Gasteiger charge is 2.15. The standard InChI is InChI=1S/C20H23NO4/c1-3-15(2)21-19(22)14-25-20(23)18-12-8-7-9-16(18)13-24-17-10-5-4-6-11-17/h4-12,15H,3,13-14H2,1-2H3,(H,21,22)/t15-/m0/s1. The molecule has 132 valence electrons. The summed E-state index contributed by atoms with van der Waals surface area (Å²) < 4.78 is 10.8. The van der Waals surface area contributed by atoms with Crippen molar-refractivity contribution in [1.29, 1.82) is 0 Å². The Morgan fingerprint density at radius 3 is 2.44 bits per heavy atom. The largest absolute Gasteiger partial charge is 0.489 e. The van der Waals surface area contributed by atoms with Crippen LogP contribution in [0.15, 0.2) is 54.6 Å². The molecule has 0 aliphatic carbocycles. The number of nitrogens with one attached hydrogen (secondary N) is 1. The van der Waals surface area contributed by atoms with E-state index in [1.165, 1.54) is 0 Å². The maximum absolute atomic E-state index is 12.3. The van der Waals surface area contributed by atoms with Crippen LogP contribution in [0.2, 0.25) is 0 Å². The first kappa shape index (κ1) is 18.5. The Hall–Kier alpha value is -2.82. The monoisotopic (exact) mass is 341 g/mol. The summed E-state index contributed by atoms with van der Waals surface area (Å²) >= 11 is 0. The fraction of sp³-hybridized carbons (Fsp3) is 0.300. The third-order valence-electron chi connectivity index (χ3n) is 3.73. The maximum Gasteiger partial charge on any atom is 0.339 e. The van der Waals surface area contributed by atoms with Crippen LogP contribution in [0, 0.1) is 0 Å². The van der Waals surface area contributed by atoms with E-state index >= 15 is 0 Å². The van der Waals surface area contributed by atoms with E-state index < -0.39 is 5.97 Å². The third-order valence-corrected chi connectivity index (χ3v) is 3.73. The van der Waals surface area contributed by atoms with Crippen LogP contribution in [0.5, 0.6) is 5.75 Å². The quantitative estimate of drug-likeness (QED) is 0.748. The van der Waals surface area contributed by atoms with Crippen molar-refractivity contribution in [2.45, 2.75) is 32.9 Å². The lowest BCUT2D eigenvalue weighted by Crippen LogP contribution is -2.35. The van der Waals surface area contributed by atoms with Gasteiger partial charge in [0.1, 0.15) is 12.4 Å². The molecule has 1 amide bonds. The zero-order chi connectivity index (χ0) is 18.1. The van der Waals surface area contributed by atoms with Gasteiger partial charge in [-0.05, 0) is 31.5 Å². The van der Waals surface area contributed by atoms with Gasteiger partial charge in [0.2, 0.25) is 0 Å². The van der Waals surface area contributed by atoms with Crippen LogP contribution in [0.1, 0.15) is 36.2 Å². The van der Waals surface area contributed by atoms with Crippen molar-refractivity contribution < 1.29 is 19.1 Å². The molecule has 0 saturated carbocycles. The number of benzene rings is 2. The van der Waals surface area contributed by atoms with Gasteiger partial charge < -0.3 is 14.8 Å². The van der Waals surface area contributed by atoms with Crippen LogP contribution in [0.4, 0.5) is 0 Å². The van der Waals surface area contributed by atoms with Crippen LogP contribution < -0.4 is 10.1 Å². The lowest BCUT2D eigenvalue weighted by Gasteiger charge is -2.13. The fourth-order valence-electron chi connectivity index (χ4n) is 2.15. The highest BCUT2D eigenvalue weighted by molar-refractivity contribution is 5.92. The number of hydrogen-bond donors (Lipinski definition) is 1. The van der Waals surface area contributed by atoms with E-state index in [1.807, 2.05) is 50.2 Å². The molecule has 0 aromatic heterocycles. The van der Waals surface area contributed by atoms with Gasteiger partial charge in [0, 0.05) is 11.6 Å². The second-order valence-electron chi connectivity index (χ2n) is 5.71. The second-order valence-corrected chi connectivity index (χ2v) is 5.71. The molecule has 0 unspecified atom stereocenters. The number of ether oxygens (including phenoxy) is 2. The van der Waals surface area contributed by atoms with E-state index in [0.29, 0.717) is 11.1 Å². The number of carbonyl (C=O) groups excluding carboxylic acids is 2. The van der Waals surface area contributed by atoms with E-state index in [2.05, 4.69) is 5.32 Å². The van der Waals surface area contributed by atoms with Crippen molar-refractivity contribution in [2.75, 3.05) is 6.61 Å². The normalized spacial score (nSPS) is 11.4. The van der Waals surface area contributed by atoms with Gasteiger partial charge in [0.05, 0.1) is 5.56 Å². The molecule has 5 nitrogen and oxygen atoms in total. The number of amides is 1. The van der Waals surface area contributed by atoms with E-state index in [4.69, 9.17) is 9.47 Å². The molecule has 0 spiro atoms. The predicted octanol–water partition coefficient (Wildman–Crippen LogP) is 3.34. The number of para-hydroxylation sites is 1. The summed E-state index contributed by atoms with van der Waals surface area (Å²) in [6, 6.07) is 16.5. The molecule has 2 aromatic rings. The second kappa shape index (κ2) is 9.47. The minimum Gasteiger partial charge on any atom is -0.489 e. The molecule has 0 radical (unpaired) electrons. The summed E-state index contributed by atoms with van der Waals surface area (Å²) in [5, 5.41) is 2.76. The highest BCUT2D eigenvalue weighted by Crippen LogP contribution is 2.15. The average Bonchev–Trinajstić information content (AvgIpc) is 2.65. The van der Waals surface area contributed by atoms with Crippen LogP contribution in [-0.4, -0.2) is 24.5 Å². The molecule has 0 heterocycles. The molecule has 0 aliphatic heterocycles. The molecular weight excluding hydrogens is 318 g/mol. The molecule has 0 aliphatic rings. The summed E-state index contributed by atoms with van der Waals surface area (Å²) in [4.78, 5) is 24.0. The van der Waals surface area contributed by atoms with Crippen LogP contribution in [0.3, 0.4) is 0 Å². The molecule has 2 rings (SSSR count). The third kappa shape index (κ3) is 5.95. The van der Waals surface area contributed by atoms with Gasteiger partial charge >= 0.3 is 5.97 Å². The number of hydrogen-bond acceptors (Lipinski definition) is 4. The van der Waals surface area contributed by atoms with E-state index in [9.17, 15) is 9.59 Å². The number of esters is 1. The van der Waals surface area contributed by atoms with Gasteiger partial charge in [-0.1, -0.05) is 43.3 Å². The summed E-state index contributed by atoms with van der Waals surface area (Å²) in [7, 11) is 0. The summed E-state index contributed by atoms with van der Waals surface area (Å²) in [5.74, 6) is -0.120. The lowest BCUT2D eigenvalue weighted by atomic mass is 10.1. The fourth-order valence-corrected chi connectivity index (χ4v) is 2.15. The van der Waals surface area contributed by atoms with Gasteiger partial charge in [0.25, 0.3) is 5.91 Å². The Kier molecular flexibility index (Phi) is 7.01. The maximum atomic E-state index is 12.3. The molecule has 1 N–H and O–H groups in total. The molecular formula is C20H23NO4. The summed E-state index contributed by atoms with van der Waals surface area (Å²) in [6.07, 6.45) is 0.819. The summed E-state index contributed by atoms with van der Waals surface area (Å²) in [6.45, 7) is 3.82. The van der Waals surface area contributed by atoms with Crippen molar-refractivity contribution in [3.8, 4) is 5.75 Å². The van der Waals surface area contributed by atoms with Gasteiger partial charge in [0.15, 0.2) is 6.61 Å². The minimum atomic E-state index is -0.536. The Labute approximate surface area is 148 Å². The predicted molar refractivity (Wildman–Crippen MR) is 95.4 cm³/mol. The van der Waals surface area contributed by atoms with Crippen molar-refractivity contribution in [3.63, 3.8) is 0 Å². The Bertz CT molecular complexity index is 700. The van der Waals surface area contributed by atoms with Gasteiger partial charge in [-0.2, -0.15) is 0 Å². The van der Waals surface area contributed by atoms with Crippen molar-refractivity contribution in [3.05, 3.63) is 65.7 Å². The van der Waals surface area contributed by atoms with E-state index in [0.717, 1.165) is 12.2 Å². The molecule has 25 heavy (non-hydrogen) atoms. The SMILES string of the molecule is CC[C@H](C)NC(=O)COC(=O)c1ccccc1COc1ccccc1. The van der Waals surface area contributed by atoms with Crippen LogP contribution in [-0.2, 0) is 16.1 Å². The first-order valence-electron chi connectivity index (χ1n) is 8.32. The number of rotatable bonds is 8. The molecule has 2 aromatic carbocycles. The van der Waals surface area contributed by atoms with Crippen molar-refractivity contribution >= 4 is 11.9 Å². The Morgan fingerprint density at radius 2 is 1.72 bits per heavy atom. The first-order valence-corrected chi connectivity index (χ1v) is 8.32. The highest BCUT2D eigenvalue weighted by atomic mass is 16.5. The Balaban J connectivity index is 1.94. The van der Waals surface area contributed by atoms with Gasteiger partial charge in [-0.15, -0.1) is 0 Å². The smallest absolute Gasteiger partial charge is 0.339 e. The Morgan fingerprint density at radius 1 is 1.04 bits per heavy atom. The summed E-state index contributed by atoms with van der Waals surface area (Å²) in [5.41, 5.74) is 1.11. The van der Waals surface area contributed by atoms with Crippen LogP contribution in [0.25, 0.3) is 0 Å². The van der Waals surface area contributed by atoms with E-state index in [-0.39, 0.29) is 25.2 Å².